The van der Waals surface area contributed by atoms with E-state index >= 15 is 0 Å². The van der Waals surface area contributed by atoms with Crippen molar-refractivity contribution in [3.63, 3.8) is 0 Å². The molecule has 6 nitrogen and oxygen atoms in total. The molecule has 0 radical (unpaired) electrons. The van der Waals surface area contributed by atoms with Gasteiger partial charge in [0.2, 0.25) is 0 Å². The minimum atomic E-state index is -0.420. The van der Waals surface area contributed by atoms with Crippen LogP contribution in [-0.4, -0.2) is 24.2 Å². The van der Waals surface area contributed by atoms with Crippen molar-refractivity contribution < 1.29 is 18.8 Å². The summed E-state index contributed by atoms with van der Waals surface area (Å²) in [5.74, 6) is 0.902. The summed E-state index contributed by atoms with van der Waals surface area (Å²) >= 11 is 0. The normalized spacial score (nSPS) is 10.9. The van der Waals surface area contributed by atoms with Crippen LogP contribution in [0.5, 0.6) is 0 Å². The van der Waals surface area contributed by atoms with Crippen molar-refractivity contribution in [2.45, 2.75) is 13.3 Å². The van der Waals surface area contributed by atoms with Gasteiger partial charge in [-0.2, -0.15) is 0 Å². The Morgan fingerprint density at radius 2 is 1.75 bits per heavy atom. The summed E-state index contributed by atoms with van der Waals surface area (Å²) in [6, 6.07) is 19.8. The minimum absolute atomic E-state index is 0.159. The fraction of sp³-hybridized carbons (Fsp3) is 0.182. The number of aromatic nitrogens is 1. The van der Waals surface area contributed by atoms with Crippen molar-refractivity contribution in [3.8, 4) is 22.6 Å². The molecule has 0 bridgehead atoms. The molecular formula is C22H22N2O4. The second kappa shape index (κ2) is 10.1. The largest absolute Gasteiger partial charge is 0.464 e. The van der Waals surface area contributed by atoms with Crippen LogP contribution in [0.15, 0.2) is 77.4 Å². The minimum Gasteiger partial charge on any atom is -0.464 e. The lowest BCUT2D eigenvalue weighted by Crippen LogP contribution is -2.17. The van der Waals surface area contributed by atoms with E-state index in [1.54, 1.807) is 19.2 Å². The van der Waals surface area contributed by atoms with Crippen molar-refractivity contribution in [3.05, 3.63) is 78.8 Å². The van der Waals surface area contributed by atoms with E-state index in [9.17, 15) is 4.79 Å². The first kappa shape index (κ1) is 19.4. The lowest BCUT2D eigenvalue weighted by molar-refractivity contribution is -0.150. The highest BCUT2D eigenvalue weighted by atomic mass is 16.7. The summed E-state index contributed by atoms with van der Waals surface area (Å²) < 4.78 is 10.8. The average Bonchev–Trinajstić information content (AvgIpc) is 3.16. The molecule has 28 heavy (non-hydrogen) atoms. The third kappa shape index (κ3) is 5.31. The van der Waals surface area contributed by atoms with Crippen molar-refractivity contribution in [2.75, 3.05) is 13.2 Å². The van der Waals surface area contributed by atoms with Gasteiger partial charge in [0.15, 0.2) is 18.3 Å². The van der Waals surface area contributed by atoms with E-state index in [0.29, 0.717) is 18.9 Å². The Kier molecular flexibility index (Phi) is 6.98. The topological polar surface area (TPSA) is 73.6 Å². The van der Waals surface area contributed by atoms with Crippen LogP contribution in [0.2, 0.25) is 0 Å². The van der Waals surface area contributed by atoms with Gasteiger partial charge in [0.1, 0.15) is 5.69 Å². The molecule has 1 aromatic heterocycles. The number of rotatable bonds is 9. The number of esters is 1. The Labute approximate surface area is 163 Å². The Balaban J connectivity index is 1.68. The SMILES string of the molecule is CCOC(=O)CONC=CCc1nc(-c2ccccc2)c(-c2ccccc2)o1. The lowest BCUT2D eigenvalue weighted by atomic mass is 10.1. The third-order valence-electron chi connectivity index (χ3n) is 3.81. The van der Waals surface area contributed by atoms with Crippen LogP contribution in [0, 0.1) is 0 Å². The standard InChI is InChI=1S/C22H22N2O4/c1-2-26-20(25)16-27-23-15-9-14-19-24-21(17-10-5-3-6-11-17)22(28-19)18-12-7-4-8-13-18/h3-13,15,23H,2,14,16H2,1H3. The first-order chi connectivity index (χ1) is 13.8. The summed E-state index contributed by atoms with van der Waals surface area (Å²) in [6.45, 7) is 1.91. The number of nitrogens with one attached hydrogen (secondary N) is 1. The van der Waals surface area contributed by atoms with Gasteiger partial charge in [0, 0.05) is 23.7 Å². The van der Waals surface area contributed by atoms with E-state index in [1.165, 1.54) is 0 Å². The number of carbonyl (C=O) groups is 1. The maximum Gasteiger partial charge on any atom is 0.334 e. The molecule has 0 unspecified atom stereocenters. The molecule has 0 aliphatic carbocycles. The van der Waals surface area contributed by atoms with E-state index < -0.39 is 5.97 Å². The number of hydroxylamine groups is 1. The zero-order chi connectivity index (χ0) is 19.6. The van der Waals surface area contributed by atoms with Gasteiger partial charge in [-0.25, -0.2) is 9.78 Å². The molecule has 0 saturated carbocycles. The van der Waals surface area contributed by atoms with Crippen LogP contribution >= 0.6 is 0 Å². The van der Waals surface area contributed by atoms with Gasteiger partial charge in [-0.15, -0.1) is 0 Å². The summed E-state index contributed by atoms with van der Waals surface area (Å²) in [7, 11) is 0. The van der Waals surface area contributed by atoms with Crippen molar-refractivity contribution in [1.29, 1.82) is 0 Å². The lowest BCUT2D eigenvalue weighted by Gasteiger charge is -2.01. The van der Waals surface area contributed by atoms with Crippen LogP contribution < -0.4 is 5.48 Å². The number of allylic oxidation sites excluding steroid dienone is 1. The molecule has 0 spiro atoms. The zero-order valence-electron chi connectivity index (χ0n) is 15.6. The zero-order valence-corrected chi connectivity index (χ0v) is 15.6. The maximum absolute atomic E-state index is 11.2. The van der Waals surface area contributed by atoms with Crippen LogP contribution in [0.25, 0.3) is 22.6 Å². The molecule has 0 atom stereocenters. The molecule has 1 heterocycles. The van der Waals surface area contributed by atoms with Crippen LogP contribution in [0.4, 0.5) is 0 Å². The van der Waals surface area contributed by atoms with E-state index in [1.807, 2.05) is 60.7 Å². The molecular weight excluding hydrogens is 356 g/mol. The summed E-state index contributed by atoms with van der Waals surface area (Å²) in [5.41, 5.74) is 5.35. The number of oxazole rings is 1. The number of nitrogens with zero attached hydrogens (tertiary/aromatic N) is 1. The summed E-state index contributed by atoms with van der Waals surface area (Å²) in [5, 5.41) is 0. The molecule has 144 valence electrons. The highest BCUT2D eigenvalue weighted by Gasteiger charge is 2.15. The average molecular weight is 378 g/mol. The van der Waals surface area contributed by atoms with E-state index in [-0.39, 0.29) is 6.61 Å². The predicted molar refractivity (Wildman–Crippen MR) is 106 cm³/mol. The highest BCUT2D eigenvalue weighted by Crippen LogP contribution is 2.32. The Morgan fingerprint density at radius 1 is 1.07 bits per heavy atom. The number of carbonyl (C=O) groups excluding carboxylic acids is 1. The van der Waals surface area contributed by atoms with Crippen LogP contribution in [0.1, 0.15) is 12.8 Å². The van der Waals surface area contributed by atoms with Gasteiger partial charge in [-0.3, -0.25) is 10.3 Å². The monoisotopic (exact) mass is 378 g/mol. The fourth-order valence-electron chi connectivity index (χ4n) is 2.59. The smallest absolute Gasteiger partial charge is 0.334 e. The molecule has 0 fully saturated rings. The number of hydrogen-bond acceptors (Lipinski definition) is 6. The third-order valence-corrected chi connectivity index (χ3v) is 3.81. The van der Waals surface area contributed by atoms with Gasteiger partial charge < -0.3 is 9.15 Å². The Bertz CT molecular complexity index is 848. The Hall–Kier alpha value is -3.38. The van der Waals surface area contributed by atoms with E-state index in [4.69, 9.17) is 14.0 Å². The number of benzene rings is 2. The molecule has 3 aromatic rings. The van der Waals surface area contributed by atoms with Crippen molar-refractivity contribution in [2.24, 2.45) is 0 Å². The van der Waals surface area contributed by atoms with E-state index in [2.05, 4.69) is 10.5 Å². The van der Waals surface area contributed by atoms with Crippen molar-refractivity contribution >= 4 is 5.97 Å². The van der Waals surface area contributed by atoms with Crippen LogP contribution in [0.3, 0.4) is 0 Å². The molecule has 0 aliphatic rings. The second-order valence-corrected chi connectivity index (χ2v) is 5.84. The van der Waals surface area contributed by atoms with Crippen LogP contribution in [-0.2, 0) is 20.8 Å². The second-order valence-electron chi connectivity index (χ2n) is 5.84. The number of hydrogen-bond donors (Lipinski definition) is 1. The first-order valence-electron chi connectivity index (χ1n) is 9.06. The van der Waals surface area contributed by atoms with Crippen molar-refractivity contribution in [1.82, 2.24) is 10.5 Å². The molecule has 6 heteroatoms. The predicted octanol–water partition coefficient (Wildman–Crippen LogP) is 4.15. The summed E-state index contributed by atoms with van der Waals surface area (Å²) in [6.07, 6.45) is 3.87. The fourth-order valence-corrected chi connectivity index (χ4v) is 2.59. The van der Waals surface area contributed by atoms with Gasteiger partial charge in [-0.1, -0.05) is 66.7 Å². The van der Waals surface area contributed by atoms with E-state index in [0.717, 1.165) is 22.6 Å². The maximum atomic E-state index is 11.2. The molecule has 0 amide bonds. The summed E-state index contributed by atoms with van der Waals surface area (Å²) in [4.78, 5) is 20.8. The number of ether oxygens (including phenoxy) is 1. The quantitative estimate of drug-likeness (QED) is 0.343. The molecule has 0 saturated heterocycles. The molecule has 0 aliphatic heterocycles. The molecule has 1 N–H and O–H groups in total. The first-order valence-corrected chi connectivity index (χ1v) is 9.06. The molecule has 2 aromatic carbocycles. The van der Waals surface area contributed by atoms with Gasteiger partial charge in [0.05, 0.1) is 6.61 Å². The van der Waals surface area contributed by atoms with Gasteiger partial charge in [0.25, 0.3) is 0 Å². The van der Waals surface area contributed by atoms with Gasteiger partial charge in [-0.05, 0) is 6.92 Å². The highest BCUT2D eigenvalue weighted by molar-refractivity contribution is 5.76. The molecule has 3 rings (SSSR count). The van der Waals surface area contributed by atoms with Gasteiger partial charge >= 0.3 is 5.97 Å². The Morgan fingerprint density at radius 3 is 2.43 bits per heavy atom.